The van der Waals surface area contributed by atoms with E-state index in [0.29, 0.717) is 42.7 Å². The van der Waals surface area contributed by atoms with Gasteiger partial charge in [-0.2, -0.15) is 0 Å². The van der Waals surface area contributed by atoms with Gasteiger partial charge in [-0.15, -0.1) is 0 Å². The summed E-state index contributed by atoms with van der Waals surface area (Å²) >= 11 is 0. The first-order valence-corrected chi connectivity index (χ1v) is 21.0. The van der Waals surface area contributed by atoms with Gasteiger partial charge in [-0.05, 0) is 65.5 Å². The molecule has 2 unspecified atom stereocenters. The maximum Gasteiger partial charge on any atom is 0.407 e. The van der Waals surface area contributed by atoms with E-state index in [0.717, 1.165) is 63.0 Å². The summed E-state index contributed by atoms with van der Waals surface area (Å²) in [5.74, 6) is 2.31. The van der Waals surface area contributed by atoms with Gasteiger partial charge >= 0.3 is 6.09 Å². The number of aromatic amines is 2. The Morgan fingerprint density at radius 1 is 0.898 bits per heavy atom. The summed E-state index contributed by atoms with van der Waals surface area (Å²) in [4.78, 5) is 60.5. The van der Waals surface area contributed by atoms with Gasteiger partial charge in [0.15, 0.2) is 0 Å². The summed E-state index contributed by atoms with van der Waals surface area (Å²) in [6.07, 6.45) is 12.6. The molecule has 5 aromatic rings. The summed E-state index contributed by atoms with van der Waals surface area (Å²) in [5.41, 5.74) is 6.72. The molecule has 2 aromatic heterocycles. The molecule has 0 saturated heterocycles. The Kier molecular flexibility index (Phi) is 12.5. The fourth-order valence-electron chi connectivity index (χ4n) is 8.13. The first kappa shape index (κ1) is 41.2. The third-order valence-corrected chi connectivity index (χ3v) is 12.0. The van der Waals surface area contributed by atoms with Crippen LogP contribution in [-0.2, 0) is 27.4 Å². The van der Waals surface area contributed by atoms with Crippen LogP contribution < -0.4 is 5.32 Å². The number of allylic oxidation sites excluding steroid dienone is 5. The molecule has 0 bridgehead atoms. The number of methoxy groups -OCH3 is 1. The molecule has 0 aliphatic heterocycles. The van der Waals surface area contributed by atoms with Crippen molar-refractivity contribution < 1.29 is 19.1 Å². The Labute approximate surface area is 347 Å². The number of H-pyrrole nitrogens is 2. The molecule has 0 fully saturated rings. The molecule has 7 rings (SSSR count). The largest absolute Gasteiger partial charge is 0.453 e. The van der Waals surface area contributed by atoms with E-state index in [2.05, 4.69) is 111 Å². The predicted octanol–water partition coefficient (Wildman–Crippen LogP) is 9.46. The van der Waals surface area contributed by atoms with Crippen LogP contribution in [-0.4, -0.2) is 67.3 Å². The van der Waals surface area contributed by atoms with Gasteiger partial charge in [-0.25, -0.2) is 14.8 Å². The lowest BCUT2D eigenvalue weighted by atomic mass is 9.78. The minimum absolute atomic E-state index is 0.0750. The number of rotatable bonds is 15. The molecule has 0 saturated carbocycles. The van der Waals surface area contributed by atoms with Gasteiger partial charge in [-0.1, -0.05) is 114 Å². The number of alkyl carbamates (subject to hydrolysis) is 1. The summed E-state index contributed by atoms with van der Waals surface area (Å²) in [5, 5.41) is 4.90. The third-order valence-electron chi connectivity index (χ3n) is 12.0. The third kappa shape index (κ3) is 8.89. The molecule has 2 heterocycles. The SMILES string of the molecule is CCCN(Cc1nc2c([nH]1)C1C=CC(c3ccc4c(ccc5[nH]c(CN(C(=O)C[C@@H](C)CC)[C@H](C)C(C)C)nc54)c3)=CC1C=C2)C(=O)[C@H](NC(=O)OC)c1ccccc1. The number of fused-ring (bicyclic) bond motifs is 6. The number of aromatic nitrogens is 4. The van der Waals surface area contributed by atoms with Crippen molar-refractivity contribution in [2.75, 3.05) is 13.7 Å². The van der Waals surface area contributed by atoms with Crippen LogP contribution in [0.1, 0.15) is 107 Å². The standard InChI is InChI=1S/C48H57N7O4/c1-8-23-54(47(57)44(53-48(58)59-7)32-13-11-10-12-14-32)27-41-49-39-21-17-35-25-33(15-19-37(35)45(39)51-41)34-16-20-38-36(26-34)18-22-40-46(38)52-42(50-40)28-55(31(6)29(3)4)43(56)24-30(5)9-2/h10-22,25-26,29-31,35,37,44H,8-9,23-24,27-28H2,1-7H3,(H,49,51)(H,50,52)(H,53,58)/t30-,31+,35?,37?,44+/m0/s1. The van der Waals surface area contributed by atoms with E-state index in [9.17, 15) is 14.4 Å². The number of hydrogen-bond acceptors (Lipinski definition) is 6. The number of carbonyl (C=O) groups excluding carboxylic acids is 3. The van der Waals surface area contributed by atoms with E-state index in [4.69, 9.17) is 14.7 Å². The molecule has 2 aliphatic carbocycles. The van der Waals surface area contributed by atoms with Crippen LogP contribution >= 0.6 is 0 Å². The van der Waals surface area contributed by atoms with Gasteiger partial charge in [0.2, 0.25) is 11.8 Å². The van der Waals surface area contributed by atoms with Crippen LogP contribution in [0.15, 0.2) is 85.0 Å². The van der Waals surface area contributed by atoms with Crippen molar-refractivity contribution in [3.8, 4) is 0 Å². The molecule has 59 heavy (non-hydrogen) atoms. The van der Waals surface area contributed by atoms with E-state index in [1.54, 1.807) is 4.90 Å². The van der Waals surface area contributed by atoms with Crippen LogP contribution in [0.25, 0.3) is 33.5 Å². The Hall–Kier alpha value is -5.97. The highest BCUT2D eigenvalue weighted by Gasteiger charge is 2.32. The topological polar surface area (TPSA) is 136 Å². The zero-order valence-electron chi connectivity index (χ0n) is 35.3. The molecule has 11 heteroatoms. The summed E-state index contributed by atoms with van der Waals surface area (Å²) in [7, 11) is 1.29. The van der Waals surface area contributed by atoms with Gasteiger partial charge in [-0.3, -0.25) is 9.59 Å². The molecule has 5 atom stereocenters. The monoisotopic (exact) mass is 795 g/mol. The Bertz CT molecular complexity index is 2410. The van der Waals surface area contributed by atoms with E-state index < -0.39 is 12.1 Å². The number of ether oxygens (including phenoxy) is 1. The van der Waals surface area contributed by atoms with Gasteiger partial charge in [0.25, 0.3) is 0 Å². The predicted molar refractivity (Wildman–Crippen MR) is 234 cm³/mol. The van der Waals surface area contributed by atoms with Crippen molar-refractivity contribution in [1.82, 2.24) is 35.1 Å². The molecular weight excluding hydrogens is 739 g/mol. The number of nitrogens with zero attached hydrogens (tertiary/aromatic N) is 4. The Morgan fingerprint density at radius 3 is 2.41 bits per heavy atom. The summed E-state index contributed by atoms with van der Waals surface area (Å²) < 4.78 is 4.85. The van der Waals surface area contributed by atoms with Crippen molar-refractivity contribution in [1.29, 1.82) is 0 Å². The van der Waals surface area contributed by atoms with Crippen molar-refractivity contribution in [3.05, 3.63) is 119 Å². The van der Waals surface area contributed by atoms with Gasteiger partial charge < -0.3 is 29.8 Å². The fourth-order valence-corrected chi connectivity index (χ4v) is 8.13. The molecule has 0 spiro atoms. The lowest BCUT2D eigenvalue weighted by Crippen LogP contribution is -2.43. The lowest BCUT2D eigenvalue weighted by molar-refractivity contribution is -0.136. The van der Waals surface area contributed by atoms with Crippen LogP contribution in [0.4, 0.5) is 4.79 Å². The highest BCUT2D eigenvalue weighted by Crippen LogP contribution is 2.41. The second-order valence-electron chi connectivity index (χ2n) is 16.5. The van der Waals surface area contributed by atoms with Crippen molar-refractivity contribution in [3.63, 3.8) is 0 Å². The first-order valence-electron chi connectivity index (χ1n) is 21.0. The molecule has 11 nitrogen and oxygen atoms in total. The smallest absolute Gasteiger partial charge is 0.407 e. The Morgan fingerprint density at radius 2 is 1.68 bits per heavy atom. The molecule has 2 aliphatic rings. The lowest BCUT2D eigenvalue weighted by Gasteiger charge is -2.32. The molecule has 3 amide bonds. The van der Waals surface area contributed by atoms with Crippen molar-refractivity contribution >= 4 is 51.4 Å². The summed E-state index contributed by atoms with van der Waals surface area (Å²) in [6, 6.07) is 19.2. The molecule has 308 valence electrons. The van der Waals surface area contributed by atoms with Gasteiger partial charge in [0.1, 0.15) is 17.7 Å². The minimum atomic E-state index is -0.891. The quantitative estimate of drug-likeness (QED) is 0.0966. The maximum atomic E-state index is 14.0. The highest BCUT2D eigenvalue weighted by atomic mass is 16.5. The average Bonchev–Trinajstić information content (AvgIpc) is 3.87. The second kappa shape index (κ2) is 17.9. The van der Waals surface area contributed by atoms with E-state index in [1.807, 2.05) is 42.2 Å². The molecule has 3 aromatic carbocycles. The fraction of sp³-hybridized carbons (Fsp3) is 0.396. The van der Waals surface area contributed by atoms with Crippen molar-refractivity contribution in [2.24, 2.45) is 17.8 Å². The summed E-state index contributed by atoms with van der Waals surface area (Å²) in [6.45, 7) is 14.0. The van der Waals surface area contributed by atoms with E-state index >= 15 is 0 Å². The van der Waals surface area contributed by atoms with Crippen molar-refractivity contribution in [2.45, 2.75) is 91.9 Å². The highest BCUT2D eigenvalue weighted by molar-refractivity contribution is 6.05. The number of hydrogen-bond donors (Lipinski definition) is 3. The van der Waals surface area contributed by atoms with Crippen LogP contribution in [0.3, 0.4) is 0 Å². The number of benzene rings is 3. The zero-order chi connectivity index (χ0) is 41.8. The zero-order valence-corrected chi connectivity index (χ0v) is 35.3. The number of nitrogens with one attached hydrogen (secondary N) is 3. The second-order valence-corrected chi connectivity index (χ2v) is 16.5. The first-order chi connectivity index (χ1) is 28.5. The van der Waals surface area contributed by atoms with E-state index in [1.165, 1.54) is 7.11 Å². The molecule has 0 radical (unpaired) electrons. The number of carbonyl (C=O) groups is 3. The van der Waals surface area contributed by atoms with E-state index in [-0.39, 0.29) is 36.2 Å². The average molecular weight is 796 g/mol. The van der Waals surface area contributed by atoms with Crippen LogP contribution in [0.5, 0.6) is 0 Å². The van der Waals surface area contributed by atoms with Gasteiger partial charge in [0.05, 0.1) is 42.6 Å². The van der Waals surface area contributed by atoms with Crippen LogP contribution in [0, 0.1) is 17.8 Å². The molecular formula is C48H57N7O4. The number of amides is 3. The Balaban J connectivity index is 1.08. The normalized spacial score (nSPS) is 17.3. The molecule has 3 N–H and O–H groups in total. The maximum absolute atomic E-state index is 14.0. The van der Waals surface area contributed by atoms with Crippen LogP contribution in [0.2, 0.25) is 0 Å². The number of imidazole rings is 2. The van der Waals surface area contributed by atoms with Gasteiger partial charge in [0, 0.05) is 36.2 Å². The minimum Gasteiger partial charge on any atom is -0.453 e.